The van der Waals surface area contributed by atoms with Crippen molar-refractivity contribution in [2.24, 2.45) is 11.8 Å². The zero-order valence-electron chi connectivity index (χ0n) is 12.6. The Balaban J connectivity index is 1.60. The maximum absolute atomic E-state index is 3.67. The number of rotatable bonds is 5. The van der Waals surface area contributed by atoms with E-state index >= 15 is 0 Å². The van der Waals surface area contributed by atoms with E-state index < -0.39 is 0 Å². The fourth-order valence-corrected chi connectivity index (χ4v) is 3.63. The third kappa shape index (κ3) is 4.55. The first-order valence-electron chi connectivity index (χ1n) is 8.12. The normalized spacial score (nSPS) is 34.3. The molecule has 106 valence electrons. The number of hydrogen-bond donors (Lipinski definition) is 1. The molecule has 0 amide bonds. The molecule has 1 N–H and O–H groups in total. The van der Waals surface area contributed by atoms with Gasteiger partial charge in [-0.25, -0.2) is 0 Å². The van der Waals surface area contributed by atoms with Crippen molar-refractivity contribution in [1.29, 1.82) is 0 Å². The molecule has 2 nitrogen and oxygen atoms in total. The Bertz CT molecular complexity index is 231. The lowest BCUT2D eigenvalue weighted by atomic mass is 9.81. The van der Waals surface area contributed by atoms with Crippen LogP contribution in [0.2, 0.25) is 0 Å². The van der Waals surface area contributed by atoms with E-state index in [-0.39, 0.29) is 0 Å². The van der Waals surface area contributed by atoms with Crippen molar-refractivity contribution in [3.05, 3.63) is 0 Å². The van der Waals surface area contributed by atoms with Crippen LogP contribution in [-0.4, -0.2) is 36.6 Å². The zero-order valence-corrected chi connectivity index (χ0v) is 12.6. The average Bonchev–Trinajstić information content (AvgIpc) is 2.75. The van der Waals surface area contributed by atoms with Gasteiger partial charge in [-0.05, 0) is 37.8 Å². The SMILES string of the molecule is CC1CCC(CCN2CCC(NC(C)C)C2)CC1. The number of likely N-dealkylation sites (tertiary alicyclic amines) is 1. The predicted octanol–water partition coefficient (Wildman–Crippen LogP) is 3.28. The molecule has 1 saturated heterocycles. The molecule has 1 aliphatic carbocycles. The quantitative estimate of drug-likeness (QED) is 0.808. The van der Waals surface area contributed by atoms with Gasteiger partial charge in [0.1, 0.15) is 0 Å². The molecule has 2 aliphatic rings. The van der Waals surface area contributed by atoms with Crippen LogP contribution in [0.25, 0.3) is 0 Å². The van der Waals surface area contributed by atoms with E-state index in [1.54, 1.807) is 0 Å². The highest BCUT2D eigenvalue weighted by molar-refractivity contribution is 4.82. The van der Waals surface area contributed by atoms with Gasteiger partial charge < -0.3 is 10.2 Å². The Hall–Kier alpha value is -0.0800. The van der Waals surface area contributed by atoms with Crippen LogP contribution in [0.5, 0.6) is 0 Å². The molecular weight excluding hydrogens is 220 g/mol. The van der Waals surface area contributed by atoms with Crippen molar-refractivity contribution in [3.63, 3.8) is 0 Å². The van der Waals surface area contributed by atoms with Crippen LogP contribution in [0.3, 0.4) is 0 Å². The van der Waals surface area contributed by atoms with Crippen LogP contribution in [0.1, 0.15) is 59.3 Å². The summed E-state index contributed by atoms with van der Waals surface area (Å²) >= 11 is 0. The van der Waals surface area contributed by atoms with Gasteiger partial charge in [0, 0.05) is 18.6 Å². The first-order valence-corrected chi connectivity index (χ1v) is 8.12. The Morgan fingerprint density at radius 1 is 1.11 bits per heavy atom. The van der Waals surface area contributed by atoms with E-state index in [4.69, 9.17) is 0 Å². The topological polar surface area (TPSA) is 15.3 Å². The van der Waals surface area contributed by atoms with Crippen LogP contribution in [-0.2, 0) is 0 Å². The maximum Gasteiger partial charge on any atom is 0.0209 e. The Morgan fingerprint density at radius 3 is 2.50 bits per heavy atom. The highest BCUT2D eigenvalue weighted by atomic mass is 15.2. The summed E-state index contributed by atoms with van der Waals surface area (Å²) in [6.45, 7) is 10.9. The molecule has 0 aromatic rings. The van der Waals surface area contributed by atoms with Gasteiger partial charge in [0.2, 0.25) is 0 Å². The minimum Gasteiger partial charge on any atom is -0.310 e. The van der Waals surface area contributed by atoms with E-state index in [2.05, 4.69) is 31.0 Å². The summed E-state index contributed by atoms with van der Waals surface area (Å²) in [4.78, 5) is 2.68. The van der Waals surface area contributed by atoms with Crippen molar-refractivity contribution in [3.8, 4) is 0 Å². The second-order valence-electron chi connectivity index (χ2n) is 7.02. The van der Waals surface area contributed by atoms with Crippen LogP contribution in [0.4, 0.5) is 0 Å². The smallest absolute Gasteiger partial charge is 0.0209 e. The molecule has 0 spiro atoms. The van der Waals surface area contributed by atoms with Gasteiger partial charge in [-0.1, -0.05) is 46.5 Å². The van der Waals surface area contributed by atoms with Crippen molar-refractivity contribution in [2.75, 3.05) is 19.6 Å². The third-order valence-electron chi connectivity index (χ3n) is 4.83. The lowest BCUT2D eigenvalue weighted by molar-refractivity contribution is 0.235. The van der Waals surface area contributed by atoms with Crippen molar-refractivity contribution in [2.45, 2.75) is 71.4 Å². The summed E-state index contributed by atoms with van der Waals surface area (Å²) in [5.74, 6) is 2.02. The lowest BCUT2D eigenvalue weighted by Crippen LogP contribution is -2.37. The lowest BCUT2D eigenvalue weighted by Gasteiger charge is -2.27. The molecule has 2 heteroatoms. The molecule has 0 bridgehead atoms. The van der Waals surface area contributed by atoms with Gasteiger partial charge in [-0.3, -0.25) is 0 Å². The minimum absolute atomic E-state index is 0.634. The fraction of sp³-hybridized carbons (Fsp3) is 1.00. The standard InChI is InChI=1S/C16H32N2/c1-13(2)17-16-9-11-18(12-16)10-8-15-6-4-14(3)5-7-15/h13-17H,4-12H2,1-3H3. The molecule has 2 fully saturated rings. The van der Waals surface area contributed by atoms with E-state index in [9.17, 15) is 0 Å². The van der Waals surface area contributed by atoms with Crippen molar-refractivity contribution < 1.29 is 0 Å². The molecule has 0 aromatic carbocycles. The third-order valence-corrected chi connectivity index (χ3v) is 4.83. The van der Waals surface area contributed by atoms with E-state index in [1.165, 1.54) is 58.2 Å². The predicted molar refractivity (Wildman–Crippen MR) is 78.9 cm³/mol. The summed E-state index contributed by atoms with van der Waals surface area (Å²) in [6.07, 6.45) is 8.72. The monoisotopic (exact) mass is 252 g/mol. The number of hydrogen-bond acceptors (Lipinski definition) is 2. The molecule has 1 aliphatic heterocycles. The first-order chi connectivity index (χ1) is 8.63. The van der Waals surface area contributed by atoms with Crippen molar-refractivity contribution in [1.82, 2.24) is 10.2 Å². The van der Waals surface area contributed by atoms with Crippen LogP contribution >= 0.6 is 0 Å². The fourth-order valence-electron chi connectivity index (χ4n) is 3.63. The molecule has 18 heavy (non-hydrogen) atoms. The first kappa shape index (κ1) is 14.3. The largest absolute Gasteiger partial charge is 0.310 e. The second kappa shape index (κ2) is 6.91. The molecule has 1 atom stereocenters. The molecule has 1 unspecified atom stereocenters. The average molecular weight is 252 g/mol. The molecular formula is C16H32N2. The highest BCUT2D eigenvalue weighted by Gasteiger charge is 2.24. The summed E-state index contributed by atoms with van der Waals surface area (Å²) < 4.78 is 0. The Kier molecular flexibility index (Phi) is 5.50. The van der Waals surface area contributed by atoms with E-state index in [1.807, 2.05) is 0 Å². The number of nitrogens with zero attached hydrogens (tertiary/aromatic N) is 1. The van der Waals surface area contributed by atoms with E-state index in [0.717, 1.165) is 17.9 Å². The second-order valence-corrected chi connectivity index (χ2v) is 7.02. The molecule has 0 radical (unpaired) electrons. The van der Waals surface area contributed by atoms with Crippen LogP contribution in [0, 0.1) is 11.8 Å². The molecule has 1 heterocycles. The Morgan fingerprint density at radius 2 is 1.83 bits per heavy atom. The number of nitrogens with one attached hydrogen (secondary N) is 1. The van der Waals surface area contributed by atoms with Gasteiger partial charge in [0.25, 0.3) is 0 Å². The van der Waals surface area contributed by atoms with Gasteiger partial charge in [-0.2, -0.15) is 0 Å². The molecule has 0 aromatic heterocycles. The van der Waals surface area contributed by atoms with Gasteiger partial charge in [-0.15, -0.1) is 0 Å². The van der Waals surface area contributed by atoms with Crippen molar-refractivity contribution >= 4 is 0 Å². The highest BCUT2D eigenvalue weighted by Crippen LogP contribution is 2.30. The molecule has 2 rings (SSSR count). The Labute approximate surface area is 114 Å². The summed E-state index contributed by atoms with van der Waals surface area (Å²) in [7, 11) is 0. The van der Waals surface area contributed by atoms with Gasteiger partial charge in [0.15, 0.2) is 0 Å². The van der Waals surface area contributed by atoms with Crippen LogP contribution in [0.15, 0.2) is 0 Å². The summed E-state index contributed by atoms with van der Waals surface area (Å²) in [5.41, 5.74) is 0. The van der Waals surface area contributed by atoms with E-state index in [0.29, 0.717) is 6.04 Å². The van der Waals surface area contributed by atoms with Crippen LogP contribution < -0.4 is 5.32 Å². The minimum atomic E-state index is 0.634. The van der Waals surface area contributed by atoms with Gasteiger partial charge >= 0.3 is 0 Å². The maximum atomic E-state index is 3.67. The summed E-state index contributed by atoms with van der Waals surface area (Å²) in [6, 6.07) is 1.38. The molecule has 1 saturated carbocycles. The van der Waals surface area contributed by atoms with Gasteiger partial charge in [0.05, 0.1) is 0 Å². The summed E-state index contributed by atoms with van der Waals surface area (Å²) in [5, 5.41) is 3.67. The zero-order chi connectivity index (χ0) is 13.0.